The van der Waals surface area contributed by atoms with Gasteiger partial charge in [-0.3, -0.25) is 4.79 Å². The summed E-state index contributed by atoms with van der Waals surface area (Å²) in [5.41, 5.74) is 3.31. The molecule has 5 heteroatoms. The fourth-order valence-corrected chi connectivity index (χ4v) is 4.62. The van der Waals surface area contributed by atoms with E-state index in [2.05, 4.69) is 34.9 Å². The van der Waals surface area contributed by atoms with Crippen molar-refractivity contribution in [2.45, 2.75) is 44.1 Å². The molecule has 1 aromatic carbocycles. The molecule has 1 heterocycles. The molecule has 5 nitrogen and oxygen atoms in total. The Labute approximate surface area is 142 Å². The van der Waals surface area contributed by atoms with Crippen LogP contribution in [0.15, 0.2) is 24.3 Å². The summed E-state index contributed by atoms with van der Waals surface area (Å²) in [6, 6.07) is 8.72. The van der Waals surface area contributed by atoms with Gasteiger partial charge in [-0.25, -0.2) is 4.79 Å². The summed E-state index contributed by atoms with van der Waals surface area (Å²) in [6.07, 6.45) is 4.41. The molecule has 4 rings (SSSR count). The minimum Gasteiger partial charge on any atom is -0.341 e. The Hall–Kier alpha value is -2.04. The lowest BCUT2D eigenvalue weighted by atomic mass is 9.95. The molecule has 3 atom stereocenters. The molecule has 0 radical (unpaired) electrons. The fraction of sp³-hybridized carbons (Fsp3) is 0.579. The molecule has 3 aliphatic rings. The molecule has 0 unspecified atom stereocenters. The molecule has 128 valence electrons. The number of nitrogens with one attached hydrogen (secondary N) is 2. The van der Waals surface area contributed by atoms with Crippen molar-refractivity contribution in [3.8, 4) is 0 Å². The maximum absolute atomic E-state index is 12.1. The number of carbonyl (C=O) groups is 2. The van der Waals surface area contributed by atoms with Gasteiger partial charge in [-0.15, -0.1) is 0 Å². The van der Waals surface area contributed by atoms with Crippen molar-refractivity contribution in [2.24, 2.45) is 5.92 Å². The lowest BCUT2D eigenvalue weighted by Gasteiger charge is -2.16. The standard InChI is InChI=1S/C19H25N3O2/c1-13(23)22-9-7-16(12-22)21-18(24)20-11-15-10-19(15)8-6-14-4-2-3-5-17(14)19/h2-5,15-16H,6-12H2,1H3,(H2,20,21,24)/t15-,16-,19-/m0/s1. The molecule has 24 heavy (non-hydrogen) atoms. The third-order valence-corrected chi connectivity index (χ3v) is 6.10. The maximum atomic E-state index is 12.1. The minimum atomic E-state index is -0.0984. The second-order valence-corrected chi connectivity index (χ2v) is 7.52. The number of hydrogen-bond donors (Lipinski definition) is 2. The number of nitrogens with zero attached hydrogens (tertiary/aromatic N) is 1. The van der Waals surface area contributed by atoms with Crippen LogP contribution >= 0.6 is 0 Å². The highest BCUT2D eigenvalue weighted by Gasteiger charge is 2.57. The number of benzene rings is 1. The highest BCUT2D eigenvalue weighted by molar-refractivity contribution is 5.75. The second-order valence-electron chi connectivity index (χ2n) is 7.52. The van der Waals surface area contributed by atoms with Gasteiger partial charge in [0.2, 0.25) is 5.91 Å². The van der Waals surface area contributed by atoms with Crippen LogP contribution in [0, 0.1) is 5.92 Å². The molecule has 1 saturated heterocycles. The Kier molecular flexibility index (Phi) is 3.74. The summed E-state index contributed by atoms with van der Waals surface area (Å²) in [6.45, 7) is 3.68. The highest BCUT2D eigenvalue weighted by Crippen LogP contribution is 2.61. The largest absolute Gasteiger partial charge is 0.341 e. The zero-order valence-corrected chi connectivity index (χ0v) is 14.2. The van der Waals surface area contributed by atoms with Crippen molar-refractivity contribution >= 4 is 11.9 Å². The normalized spacial score (nSPS) is 30.3. The first-order chi connectivity index (χ1) is 11.6. The highest BCUT2D eigenvalue weighted by atomic mass is 16.2. The van der Waals surface area contributed by atoms with Crippen molar-refractivity contribution in [1.29, 1.82) is 0 Å². The fourth-order valence-electron chi connectivity index (χ4n) is 4.62. The van der Waals surface area contributed by atoms with Crippen LogP contribution < -0.4 is 10.6 Å². The van der Waals surface area contributed by atoms with Crippen molar-refractivity contribution in [1.82, 2.24) is 15.5 Å². The molecule has 2 fully saturated rings. The number of amides is 3. The van der Waals surface area contributed by atoms with E-state index in [9.17, 15) is 9.59 Å². The Morgan fingerprint density at radius 2 is 2.17 bits per heavy atom. The van der Waals surface area contributed by atoms with E-state index in [1.165, 1.54) is 30.4 Å². The van der Waals surface area contributed by atoms with Crippen molar-refractivity contribution < 1.29 is 9.59 Å². The molecule has 2 aliphatic carbocycles. The summed E-state index contributed by atoms with van der Waals surface area (Å²) in [5.74, 6) is 0.642. The third-order valence-electron chi connectivity index (χ3n) is 6.10. The Balaban J connectivity index is 1.26. The van der Waals surface area contributed by atoms with Crippen LogP contribution in [0.25, 0.3) is 0 Å². The first-order valence-corrected chi connectivity index (χ1v) is 8.97. The molecular weight excluding hydrogens is 302 g/mol. The van der Waals surface area contributed by atoms with Crippen LogP contribution in [0.3, 0.4) is 0 Å². The number of hydrogen-bond acceptors (Lipinski definition) is 2. The summed E-state index contributed by atoms with van der Waals surface area (Å²) < 4.78 is 0. The van der Waals surface area contributed by atoms with E-state index < -0.39 is 0 Å². The summed E-state index contributed by atoms with van der Waals surface area (Å²) in [4.78, 5) is 25.3. The van der Waals surface area contributed by atoms with Gasteiger partial charge >= 0.3 is 6.03 Å². The van der Waals surface area contributed by atoms with Gasteiger partial charge in [-0.05, 0) is 42.7 Å². The van der Waals surface area contributed by atoms with E-state index in [0.717, 1.165) is 19.5 Å². The van der Waals surface area contributed by atoms with Gasteiger partial charge in [0, 0.05) is 38.0 Å². The van der Waals surface area contributed by atoms with Crippen LogP contribution in [-0.4, -0.2) is 42.5 Å². The molecule has 1 aliphatic heterocycles. The van der Waals surface area contributed by atoms with Gasteiger partial charge in [0.15, 0.2) is 0 Å². The second kappa shape index (κ2) is 5.80. The quantitative estimate of drug-likeness (QED) is 0.889. The summed E-state index contributed by atoms with van der Waals surface area (Å²) >= 11 is 0. The average Bonchev–Trinajstić information content (AvgIpc) is 2.90. The topological polar surface area (TPSA) is 61.4 Å². The van der Waals surface area contributed by atoms with Crippen LogP contribution in [0.1, 0.15) is 37.3 Å². The van der Waals surface area contributed by atoms with Gasteiger partial charge in [0.25, 0.3) is 0 Å². The van der Waals surface area contributed by atoms with E-state index in [4.69, 9.17) is 0 Å². The lowest BCUT2D eigenvalue weighted by molar-refractivity contribution is -0.127. The van der Waals surface area contributed by atoms with E-state index in [1.54, 1.807) is 11.8 Å². The van der Waals surface area contributed by atoms with Gasteiger partial charge in [0.05, 0.1) is 0 Å². The molecule has 2 N–H and O–H groups in total. The predicted molar refractivity (Wildman–Crippen MR) is 91.7 cm³/mol. The van der Waals surface area contributed by atoms with Gasteiger partial charge in [-0.2, -0.15) is 0 Å². The number of urea groups is 1. The predicted octanol–water partition coefficient (Wildman–Crippen LogP) is 1.81. The molecule has 0 aromatic heterocycles. The Morgan fingerprint density at radius 1 is 1.33 bits per heavy atom. The van der Waals surface area contributed by atoms with Crippen LogP contribution in [0.4, 0.5) is 4.79 Å². The summed E-state index contributed by atoms with van der Waals surface area (Å²) in [5, 5.41) is 6.05. The third kappa shape index (κ3) is 2.66. The lowest BCUT2D eigenvalue weighted by Crippen LogP contribution is -2.44. The van der Waals surface area contributed by atoms with Crippen LogP contribution in [-0.2, 0) is 16.6 Å². The van der Waals surface area contributed by atoms with Gasteiger partial charge in [-0.1, -0.05) is 24.3 Å². The molecule has 3 amide bonds. The zero-order valence-electron chi connectivity index (χ0n) is 14.2. The van der Waals surface area contributed by atoms with Crippen molar-refractivity contribution in [3.63, 3.8) is 0 Å². The van der Waals surface area contributed by atoms with Crippen molar-refractivity contribution in [2.75, 3.05) is 19.6 Å². The molecule has 1 aromatic rings. The molecular formula is C19H25N3O2. The van der Waals surface area contributed by atoms with Crippen LogP contribution in [0.2, 0.25) is 0 Å². The first kappa shape index (κ1) is 15.5. The van der Waals surface area contributed by atoms with E-state index >= 15 is 0 Å². The monoisotopic (exact) mass is 327 g/mol. The smallest absolute Gasteiger partial charge is 0.315 e. The molecule has 0 bridgehead atoms. The number of aryl methyl sites for hydroxylation is 1. The average molecular weight is 327 g/mol. The van der Waals surface area contributed by atoms with E-state index in [1.807, 2.05) is 0 Å². The van der Waals surface area contributed by atoms with Crippen LogP contribution in [0.5, 0.6) is 0 Å². The number of carbonyl (C=O) groups excluding carboxylic acids is 2. The maximum Gasteiger partial charge on any atom is 0.315 e. The summed E-state index contributed by atoms with van der Waals surface area (Å²) in [7, 11) is 0. The van der Waals surface area contributed by atoms with Gasteiger partial charge in [0.1, 0.15) is 0 Å². The number of fused-ring (bicyclic) bond motifs is 2. The zero-order chi connectivity index (χ0) is 16.7. The minimum absolute atomic E-state index is 0.0780. The van der Waals surface area contributed by atoms with E-state index in [0.29, 0.717) is 17.9 Å². The Bertz CT molecular complexity index is 674. The molecule has 1 saturated carbocycles. The van der Waals surface area contributed by atoms with E-state index in [-0.39, 0.29) is 18.0 Å². The van der Waals surface area contributed by atoms with Crippen molar-refractivity contribution in [3.05, 3.63) is 35.4 Å². The number of likely N-dealkylation sites (tertiary alicyclic amines) is 1. The SMILES string of the molecule is CC(=O)N1CC[C@H](NC(=O)NC[C@@H]2C[C@@]23CCc2ccccc23)C1. The molecule has 1 spiro atoms. The van der Waals surface area contributed by atoms with Gasteiger partial charge < -0.3 is 15.5 Å². The first-order valence-electron chi connectivity index (χ1n) is 8.97. The number of rotatable bonds is 3. The Morgan fingerprint density at radius 3 is 2.96 bits per heavy atom.